The van der Waals surface area contributed by atoms with Gasteiger partial charge in [0.2, 0.25) is 0 Å². The van der Waals surface area contributed by atoms with Gasteiger partial charge in [-0.05, 0) is 24.3 Å². The third-order valence-corrected chi connectivity index (χ3v) is 2.82. The Morgan fingerprint density at radius 2 is 2.33 bits per heavy atom. The maximum Gasteiger partial charge on any atom is 0.332 e. The van der Waals surface area contributed by atoms with Crippen molar-refractivity contribution in [1.82, 2.24) is 4.98 Å². The van der Waals surface area contributed by atoms with Crippen LogP contribution in [0.15, 0.2) is 24.4 Å². The van der Waals surface area contributed by atoms with Crippen LogP contribution in [0.3, 0.4) is 0 Å². The van der Waals surface area contributed by atoms with Crippen LogP contribution < -0.4 is 0 Å². The molecule has 0 aliphatic rings. The van der Waals surface area contributed by atoms with E-state index in [-0.39, 0.29) is 6.42 Å². The van der Waals surface area contributed by atoms with Gasteiger partial charge < -0.3 is 10.2 Å². The second-order valence-corrected chi connectivity index (χ2v) is 4.12. The lowest BCUT2D eigenvalue weighted by Crippen LogP contribution is -2.19. The van der Waals surface area contributed by atoms with E-state index in [9.17, 15) is 4.79 Å². The summed E-state index contributed by atoms with van der Waals surface area (Å²) >= 11 is 1.57. The summed E-state index contributed by atoms with van der Waals surface area (Å²) in [7, 11) is 0. The maximum absolute atomic E-state index is 10.3. The van der Waals surface area contributed by atoms with Gasteiger partial charge in [-0.25, -0.2) is 4.79 Å². The molecule has 0 saturated heterocycles. The molecule has 0 amide bonds. The van der Waals surface area contributed by atoms with E-state index in [1.807, 2.05) is 18.2 Å². The molecule has 4 nitrogen and oxygen atoms in total. The second-order valence-electron chi connectivity index (χ2n) is 3.02. The number of aliphatic hydroxyl groups is 1. The van der Waals surface area contributed by atoms with Crippen molar-refractivity contribution in [3.05, 3.63) is 30.1 Å². The standard InChI is InChI=1S/C10H13NO3S/c12-9(10(13)14)4-6-15-7-8-3-1-2-5-11-8/h1-3,5,9,12H,4,6-7H2,(H,13,14). The highest BCUT2D eigenvalue weighted by molar-refractivity contribution is 7.98. The van der Waals surface area contributed by atoms with E-state index in [0.29, 0.717) is 5.75 Å². The molecular formula is C10H13NO3S. The number of carbonyl (C=O) groups is 1. The Balaban J connectivity index is 2.15. The zero-order valence-electron chi connectivity index (χ0n) is 8.17. The first-order valence-electron chi connectivity index (χ1n) is 4.58. The molecule has 0 aliphatic carbocycles. The number of rotatable bonds is 6. The van der Waals surface area contributed by atoms with Crippen LogP contribution in [0.25, 0.3) is 0 Å². The van der Waals surface area contributed by atoms with E-state index < -0.39 is 12.1 Å². The molecule has 0 aliphatic heterocycles. The highest BCUT2D eigenvalue weighted by Gasteiger charge is 2.11. The molecule has 0 radical (unpaired) electrons. The summed E-state index contributed by atoms with van der Waals surface area (Å²) in [5, 5.41) is 17.4. The monoisotopic (exact) mass is 227 g/mol. The van der Waals surface area contributed by atoms with Gasteiger partial charge in [-0.2, -0.15) is 11.8 Å². The Labute approximate surface area is 92.3 Å². The largest absolute Gasteiger partial charge is 0.479 e. The van der Waals surface area contributed by atoms with Crippen molar-refractivity contribution < 1.29 is 15.0 Å². The van der Waals surface area contributed by atoms with Gasteiger partial charge in [0, 0.05) is 11.9 Å². The fourth-order valence-corrected chi connectivity index (χ4v) is 1.89. The number of carboxylic acids is 1. The normalized spacial score (nSPS) is 12.3. The first-order valence-corrected chi connectivity index (χ1v) is 5.74. The predicted molar refractivity (Wildman–Crippen MR) is 58.7 cm³/mol. The van der Waals surface area contributed by atoms with Crippen LogP contribution >= 0.6 is 11.8 Å². The van der Waals surface area contributed by atoms with Crippen molar-refractivity contribution in [2.45, 2.75) is 18.3 Å². The van der Waals surface area contributed by atoms with Crippen LogP contribution in [0.2, 0.25) is 0 Å². The summed E-state index contributed by atoms with van der Waals surface area (Å²) in [5.41, 5.74) is 0.965. The molecule has 0 aromatic carbocycles. The van der Waals surface area contributed by atoms with Gasteiger partial charge >= 0.3 is 5.97 Å². The van der Waals surface area contributed by atoms with Gasteiger partial charge in [-0.1, -0.05) is 6.07 Å². The van der Waals surface area contributed by atoms with Gasteiger partial charge in [-0.15, -0.1) is 0 Å². The van der Waals surface area contributed by atoms with Gasteiger partial charge in [0.15, 0.2) is 6.10 Å². The van der Waals surface area contributed by atoms with Crippen LogP contribution in [-0.2, 0) is 10.5 Å². The molecule has 1 atom stereocenters. The summed E-state index contributed by atoms with van der Waals surface area (Å²) in [4.78, 5) is 14.4. The number of hydrogen-bond acceptors (Lipinski definition) is 4. The average Bonchev–Trinajstić information content (AvgIpc) is 2.25. The highest BCUT2D eigenvalue weighted by atomic mass is 32.2. The SMILES string of the molecule is O=C(O)C(O)CCSCc1ccccn1. The van der Waals surface area contributed by atoms with Crippen molar-refractivity contribution in [3.63, 3.8) is 0 Å². The molecule has 0 spiro atoms. The molecule has 2 N–H and O–H groups in total. The van der Waals surface area contributed by atoms with Gasteiger partial charge in [0.1, 0.15) is 0 Å². The summed E-state index contributed by atoms with van der Waals surface area (Å²) in [5.74, 6) is 0.199. The number of carboxylic acid groups (broad SMARTS) is 1. The molecule has 1 aromatic heterocycles. The number of aliphatic carboxylic acids is 1. The number of aromatic nitrogens is 1. The van der Waals surface area contributed by atoms with E-state index >= 15 is 0 Å². The lowest BCUT2D eigenvalue weighted by atomic mass is 10.3. The number of nitrogens with zero attached hydrogens (tertiary/aromatic N) is 1. The molecule has 1 aromatic rings. The number of aliphatic hydroxyl groups excluding tert-OH is 1. The lowest BCUT2D eigenvalue weighted by Gasteiger charge is -2.04. The third kappa shape index (κ3) is 4.80. The molecule has 82 valence electrons. The maximum atomic E-state index is 10.3. The molecule has 0 fully saturated rings. The van der Waals surface area contributed by atoms with Crippen molar-refractivity contribution >= 4 is 17.7 Å². The zero-order chi connectivity index (χ0) is 11.1. The molecular weight excluding hydrogens is 214 g/mol. The van der Waals surface area contributed by atoms with Crippen molar-refractivity contribution in [2.24, 2.45) is 0 Å². The minimum Gasteiger partial charge on any atom is -0.479 e. The van der Waals surface area contributed by atoms with E-state index in [0.717, 1.165) is 11.4 Å². The van der Waals surface area contributed by atoms with Crippen molar-refractivity contribution in [2.75, 3.05) is 5.75 Å². The van der Waals surface area contributed by atoms with E-state index in [2.05, 4.69) is 4.98 Å². The number of hydrogen-bond donors (Lipinski definition) is 2. The number of thioether (sulfide) groups is 1. The second kappa shape index (κ2) is 6.42. The molecule has 1 heterocycles. The Hall–Kier alpha value is -1.07. The first-order chi connectivity index (χ1) is 7.20. The predicted octanol–water partition coefficient (Wildman–Crippen LogP) is 1.15. The van der Waals surface area contributed by atoms with Crippen LogP contribution in [0, 0.1) is 0 Å². The van der Waals surface area contributed by atoms with Crippen molar-refractivity contribution in [1.29, 1.82) is 0 Å². The molecule has 15 heavy (non-hydrogen) atoms. The van der Waals surface area contributed by atoms with Crippen LogP contribution in [0.4, 0.5) is 0 Å². The minimum atomic E-state index is -1.25. The topological polar surface area (TPSA) is 70.4 Å². The lowest BCUT2D eigenvalue weighted by molar-refractivity contribution is -0.146. The fraction of sp³-hybridized carbons (Fsp3) is 0.400. The smallest absolute Gasteiger partial charge is 0.332 e. The Kier molecular flexibility index (Phi) is 5.14. The Morgan fingerprint density at radius 3 is 2.93 bits per heavy atom. The van der Waals surface area contributed by atoms with Gasteiger partial charge in [0.05, 0.1) is 5.69 Å². The molecule has 0 saturated carbocycles. The minimum absolute atomic E-state index is 0.271. The molecule has 1 unspecified atom stereocenters. The summed E-state index contributed by atoms with van der Waals surface area (Å²) in [6.07, 6.45) is 0.746. The third-order valence-electron chi connectivity index (χ3n) is 1.80. The van der Waals surface area contributed by atoms with E-state index in [1.165, 1.54) is 0 Å². The summed E-state index contributed by atoms with van der Waals surface area (Å²) < 4.78 is 0. The summed E-state index contributed by atoms with van der Waals surface area (Å²) in [6, 6.07) is 5.68. The van der Waals surface area contributed by atoms with E-state index in [1.54, 1.807) is 18.0 Å². The first kappa shape index (κ1) is 12.0. The van der Waals surface area contributed by atoms with Gasteiger partial charge in [-0.3, -0.25) is 4.98 Å². The van der Waals surface area contributed by atoms with Gasteiger partial charge in [0.25, 0.3) is 0 Å². The summed E-state index contributed by atoms with van der Waals surface area (Å²) in [6.45, 7) is 0. The quantitative estimate of drug-likeness (QED) is 0.713. The van der Waals surface area contributed by atoms with Crippen LogP contribution in [0.5, 0.6) is 0 Å². The van der Waals surface area contributed by atoms with E-state index in [4.69, 9.17) is 10.2 Å². The fourth-order valence-electron chi connectivity index (χ4n) is 0.979. The molecule has 0 bridgehead atoms. The molecule has 1 rings (SSSR count). The van der Waals surface area contributed by atoms with Crippen molar-refractivity contribution in [3.8, 4) is 0 Å². The highest BCUT2D eigenvalue weighted by Crippen LogP contribution is 2.11. The average molecular weight is 227 g/mol. The Bertz CT molecular complexity index is 305. The number of pyridine rings is 1. The van der Waals surface area contributed by atoms with Crippen LogP contribution in [0.1, 0.15) is 12.1 Å². The Morgan fingerprint density at radius 1 is 1.53 bits per heavy atom. The molecule has 5 heteroatoms. The zero-order valence-corrected chi connectivity index (χ0v) is 8.98. The van der Waals surface area contributed by atoms with Crippen LogP contribution in [-0.4, -0.2) is 33.0 Å².